The zero-order valence-electron chi connectivity index (χ0n) is 55.5. The molecular formula is C77H138O6. The van der Waals surface area contributed by atoms with Gasteiger partial charge >= 0.3 is 17.9 Å². The summed E-state index contributed by atoms with van der Waals surface area (Å²) in [6.07, 6.45) is 93.8. The quantitative estimate of drug-likeness (QED) is 0.0261. The molecule has 0 radical (unpaired) electrons. The van der Waals surface area contributed by atoms with Crippen molar-refractivity contribution in [2.75, 3.05) is 13.2 Å². The maximum Gasteiger partial charge on any atom is 0.306 e. The molecule has 1 atom stereocenters. The highest BCUT2D eigenvalue weighted by Crippen LogP contribution is 2.18. The van der Waals surface area contributed by atoms with Gasteiger partial charge in [-0.25, -0.2) is 0 Å². The summed E-state index contributed by atoms with van der Waals surface area (Å²) in [5, 5.41) is 0. The molecule has 0 saturated carbocycles. The topological polar surface area (TPSA) is 78.9 Å². The number of rotatable bonds is 67. The molecule has 0 heterocycles. The fourth-order valence-corrected chi connectivity index (χ4v) is 10.8. The van der Waals surface area contributed by atoms with E-state index in [9.17, 15) is 14.4 Å². The minimum absolute atomic E-state index is 0.0803. The maximum absolute atomic E-state index is 12.9. The second kappa shape index (κ2) is 71.3. The van der Waals surface area contributed by atoms with E-state index in [1.807, 2.05) is 0 Å². The Bertz CT molecular complexity index is 1520. The van der Waals surface area contributed by atoms with Crippen molar-refractivity contribution in [2.45, 2.75) is 386 Å². The highest BCUT2D eigenvalue weighted by molar-refractivity contribution is 5.71. The Kier molecular flexibility index (Phi) is 68.6. The van der Waals surface area contributed by atoms with E-state index in [4.69, 9.17) is 14.2 Å². The van der Waals surface area contributed by atoms with Crippen molar-refractivity contribution in [3.8, 4) is 0 Å². The summed E-state index contributed by atoms with van der Waals surface area (Å²) in [5.74, 6) is -0.881. The third kappa shape index (κ3) is 69.5. The van der Waals surface area contributed by atoms with Crippen LogP contribution in [0.2, 0.25) is 0 Å². The predicted octanol–water partition coefficient (Wildman–Crippen LogP) is 25.2. The molecule has 0 amide bonds. The van der Waals surface area contributed by atoms with Gasteiger partial charge in [-0.1, -0.05) is 344 Å². The Morgan fingerprint density at radius 2 is 0.470 bits per heavy atom. The van der Waals surface area contributed by atoms with Crippen LogP contribution in [-0.2, 0) is 28.6 Å². The van der Waals surface area contributed by atoms with Gasteiger partial charge in [0, 0.05) is 19.3 Å². The van der Waals surface area contributed by atoms with Gasteiger partial charge in [-0.2, -0.15) is 0 Å². The summed E-state index contributed by atoms with van der Waals surface area (Å²) in [7, 11) is 0. The van der Waals surface area contributed by atoms with Crippen LogP contribution in [0.1, 0.15) is 380 Å². The lowest BCUT2D eigenvalue weighted by molar-refractivity contribution is -0.167. The highest BCUT2D eigenvalue weighted by atomic mass is 16.6. The summed E-state index contributed by atoms with van der Waals surface area (Å²) in [6, 6.07) is 0. The van der Waals surface area contributed by atoms with Crippen molar-refractivity contribution in [3.63, 3.8) is 0 Å². The molecule has 0 fully saturated rings. The molecule has 6 heteroatoms. The van der Waals surface area contributed by atoms with E-state index in [1.165, 1.54) is 238 Å². The number of hydrogen-bond donors (Lipinski definition) is 0. The van der Waals surface area contributed by atoms with E-state index >= 15 is 0 Å². The first-order chi connectivity index (χ1) is 41.0. The van der Waals surface area contributed by atoms with Crippen LogP contribution in [0.15, 0.2) is 72.9 Å². The average molecular weight is 1160 g/mol. The first-order valence-electron chi connectivity index (χ1n) is 36.4. The maximum atomic E-state index is 12.9. The summed E-state index contributed by atoms with van der Waals surface area (Å²) in [5.41, 5.74) is 0. The van der Waals surface area contributed by atoms with Crippen molar-refractivity contribution >= 4 is 17.9 Å². The highest BCUT2D eigenvalue weighted by Gasteiger charge is 2.19. The van der Waals surface area contributed by atoms with Crippen LogP contribution in [0.25, 0.3) is 0 Å². The van der Waals surface area contributed by atoms with Crippen LogP contribution in [0.5, 0.6) is 0 Å². The second-order valence-electron chi connectivity index (χ2n) is 24.5. The van der Waals surface area contributed by atoms with Gasteiger partial charge in [0.25, 0.3) is 0 Å². The van der Waals surface area contributed by atoms with E-state index in [0.717, 1.165) is 103 Å². The number of ether oxygens (including phenoxy) is 3. The molecular weight excluding hydrogens is 1020 g/mol. The zero-order valence-corrected chi connectivity index (χ0v) is 55.5. The number of unbranched alkanes of at least 4 members (excludes halogenated alkanes) is 44. The molecule has 0 N–H and O–H groups in total. The van der Waals surface area contributed by atoms with Gasteiger partial charge in [0.15, 0.2) is 6.10 Å². The third-order valence-corrected chi connectivity index (χ3v) is 16.2. The lowest BCUT2D eigenvalue weighted by Crippen LogP contribution is -2.30. The largest absolute Gasteiger partial charge is 0.462 e. The smallest absolute Gasteiger partial charge is 0.306 e. The fraction of sp³-hybridized carbons (Fsp3) is 0.805. The van der Waals surface area contributed by atoms with Crippen molar-refractivity contribution < 1.29 is 28.6 Å². The van der Waals surface area contributed by atoms with Gasteiger partial charge in [0.2, 0.25) is 0 Å². The first kappa shape index (κ1) is 79.8. The van der Waals surface area contributed by atoms with E-state index in [1.54, 1.807) is 0 Å². The molecule has 0 aromatic heterocycles. The Hall–Kier alpha value is -3.15. The molecule has 0 aliphatic carbocycles. The summed E-state index contributed by atoms with van der Waals surface area (Å²) in [6.45, 7) is 6.55. The van der Waals surface area contributed by atoms with Crippen molar-refractivity contribution in [3.05, 3.63) is 72.9 Å². The van der Waals surface area contributed by atoms with E-state index < -0.39 is 6.10 Å². The molecule has 0 spiro atoms. The normalized spacial score (nSPS) is 12.5. The Balaban J connectivity index is 4.17. The molecule has 0 bridgehead atoms. The monoisotopic (exact) mass is 1160 g/mol. The molecule has 83 heavy (non-hydrogen) atoms. The molecule has 6 nitrogen and oxygen atoms in total. The average Bonchev–Trinajstić information content (AvgIpc) is 3.49. The lowest BCUT2D eigenvalue weighted by atomic mass is 10.0. The first-order valence-corrected chi connectivity index (χ1v) is 36.4. The van der Waals surface area contributed by atoms with Gasteiger partial charge in [-0.3, -0.25) is 14.4 Å². The van der Waals surface area contributed by atoms with E-state index in [0.29, 0.717) is 19.3 Å². The van der Waals surface area contributed by atoms with Gasteiger partial charge in [-0.05, 0) is 89.9 Å². The van der Waals surface area contributed by atoms with Crippen LogP contribution in [0.4, 0.5) is 0 Å². The Morgan fingerprint density at radius 1 is 0.253 bits per heavy atom. The number of allylic oxidation sites excluding steroid dienone is 12. The van der Waals surface area contributed by atoms with E-state index in [-0.39, 0.29) is 31.1 Å². The van der Waals surface area contributed by atoms with Crippen LogP contribution < -0.4 is 0 Å². The fourth-order valence-electron chi connectivity index (χ4n) is 10.8. The SMILES string of the molecule is CC/C=C\C/C=C\C/C=C\C/C=C\CCCCCCC(=O)OC(COC(=O)CCCCCCCCCCCCCCCCC)COC(=O)CCCCCCCCCCCCCCCCCCCCCCC/C=C\C/C=C\CCCCCCC. The van der Waals surface area contributed by atoms with Crippen LogP contribution in [0.3, 0.4) is 0 Å². The molecule has 0 saturated heterocycles. The lowest BCUT2D eigenvalue weighted by Gasteiger charge is -2.18. The molecule has 0 aromatic carbocycles. The molecule has 0 rings (SSSR count). The van der Waals surface area contributed by atoms with Crippen LogP contribution in [0, 0.1) is 0 Å². The minimum atomic E-state index is -0.787. The standard InChI is InChI=1S/C77H138O6/c1-4-7-10-13-16-19-22-25-28-30-31-32-33-34-35-36-37-38-39-40-41-42-43-44-45-47-49-52-55-58-61-64-67-70-76(79)82-73-74(72-81-75(78)69-66-63-60-57-54-51-48-27-24-21-18-15-12-9-6-3)83-77(80)71-68-65-62-59-56-53-50-46-29-26-23-20-17-14-11-8-5-2/h8,11,17,20,22,25-26,29-31,50,53,74H,4-7,9-10,12-16,18-19,21,23-24,27-28,32-49,51-52,54-73H2,1-3H3/b11-8-,20-17-,25-22-,29-26-,31-30-,53-50-. The summed E-state index contributed by atoms with van der Waals surface area (Å²) < 4.78 is 17.0. The van der Waals surface area contributed by atoms with Crippen molar-refractivity contribution in [1.82, 2.24) is 0 Å². The minimum Gasteiger partial charge on any atom is -0.462 e. The van der Waals surface area contributed by atoms with Crippen LogP contribution in [-0.4, -0.2) is 37.2 Å². The van der Waals surface area contributed by atoms with Crippen molar-refractivity contribution in [1.29, 1.82) is 0 Å². The molecule has 0 aliphatic rings. The van der Waals surface area contributed by atoms with Gasteiger partial charge in [0.05, 0.1) is 0 Å². The predicted molar refractivity (Wildman–Crippen MR) is 362 cm³/mol. The number of esters is 3. The van der Waals surface area contributed by atoms with Gasteiger partial charge < -0.3 is 14.2 Å². The molecule has 0 aliphatic heterocycles. The molecule has 1 unspecified atom stereocenters. The van der Waals surface area contributed by atoms with Crippen LogP contribution >= 0.6 is 0 Å². The Morgan fingerprint density at radius 3 is 0.735 bits per heavy atom. The van der Waals surface area contributed by atoms with Crippen molar-refractivity contribution in [2.24, 2.45) is 0 Å². The summed E-state index contributed by atoms with van der Waals surface area (Å²) in [4.78, 5) is 38.4. The number of hydrogen-bond acceptors (Lipinski definition) is 6. The van der Waals surface area contributed by atoms with E-state index in [2.05, 4.69) is 93.7 Å². The zero-order chi connectivity index (χ0) is 59.9. The Labute approximate surface area is 516 Å². The number of carbonyl (C=O) groups is 3. The van der Waals surface area contributed by atoms with Gasteiger partial charge in [0.1, 0.15) is 13.2 Å². The second-order valence-corrected chi connectivity index (χ2v) is 24.5. The molecule has 482 valence electrons. The molecule has 0 aromatic rings. The van der Waals surface area contributed by atoms with Gasteiger partial charge in [-0.15, -0.1) is 0 Å². The summed E-state index contributed by atoms with van der Waals surface area (Å²) >= 11 is 0. The third-order valence-electron chi connectivity index (χ3n) is 16.2. The number of carbonyl (C=O) groups excluding carboxylic acids is 3.